The van der Waals surface area contributed by atoms with Gasteiger partial charge in [0.2, 0.25) is 0 Å². The van der Waals surface area contributed by atoms with E-state index in [-0.39, 0.29) is 0 Å². The van der Waals surface area contributed by atoms with Gasteiger partial charge in [-0.25, -0.2) is 0 Å². The van der Waals surface area contributed by atoms with E-state index < -0.39 is 0 Å². The van der Waals surface area contributed by atoms with Gasteiger partial charge in [0.05, 0.1) is 25.7 Å². The minimum atomic E-state index is 0.922. The molecule has 3 atom stereocenters. The van der Waals surface area contributed by atoms with Crippen LogP contribution in [0.3, 0.4) is 0 Å². The summed E-state index contributed by atoms with van der Waals surface area (Å²) in [4.78, 5) is 0. The molecule has 1 spiro atoms. The Labute approximate surface area is 102 Å². The van der Waals surface area contributed by atoms with Gasteiger partial charge in [-0.2, -0.15) is 0 Å². The second-order valence-electron chi connectivity index (χ2n) is 6.64. The summed E-state index contributed by atoms with van der Waals surface area (Å²) in [7, 11) is 0. The highest BCUT2D eigenvalue weighted by Gasteiger charge is 2.39. The molecule has 0 aliphatic carbocycles. The minimum Gasteiger partial charge on any atom is -0.321 e. The third kappa shape index (κ3) is 2.45. The zero-order valence-corrected chi connectivity index (χ0v) is 11.5. The highest BCUT2D eigenvalue weighted by Crippen LogP contribution is 2.33. The number of quaternary nitrogens is 1. The van der Waals surface area contributed by atoms with Crippen LogP contribution in [0.25, 0.3) is 0 Å². The summed E-state index contributed by atoms with van der Waals surface area (Å²) in [5.41, 5.74) is 0. The Morgan fingerprint density at radius 1 is 0.750 bits per heavy atom. The zero-order chi connectivity index (χ0) is 11.6. The summed E-state index contributed by atoms with van der Waals surface area (Å²) < 4.78 is 1.46. The predicted octanol–water partition coefficient (Wildman–Crippen LogP) is 3.83. The zero-order valence-electron chi connectivity index (χ0n) is 11.5. The first-order valence-corrected chi connectivity index (χ1v) is 7.50. The Hall–Kier alpha value is -0.0400. The fourth-order valence-electron chi connectivity index (χ4n) is 3.94. The van der Waals surface area contributed by atoms with E-state index in [4.69, 9.17) is 0 Å². The van der Waals surface area contributed by atoms with E-state index in [1.807, 2.05) is 0 Å². The SMILES string of the molecule is CC1CCC(C)[N+]2(CCCCCC2)CC1C. The van der Waals surface area contributed by atoms with Gasteiger partial charge in [-0.1, -0.05) is 13.8 Å². The molecule has 0 aromatic rings. The molecular formula is C15H30N+. The lowest BCUT2D eigenvalue weighted by molar-refractivity contribution is -0.950. The number of hydrogen-bond donors (Lipinski definition) is 0. The summed E-state index contributed by atoms with van der Waals surface area (Å²) in [6.45, 7) is 11.9. The first-order valence-electron chi connectivity index (χ1n) is 7.50. The molecule has 0 radical (unpaired) electrons. The van der Waals surface area contributed by atoms with Crippen molar-refractivity contribution >= 4 is 0 Å². The average Bonchev–Trinajstić information content (AvgIpc) is 2.55. The molecule has 2 rings (SSSR count). The van der Waals surface area contributed by atoms with Crippen molar-refractivity contribution in [3.8, 4) is 0 Å². The van der Waals surface area contributed by atoms with Crippen LogP contribution in [0.4, 0.5) is 0 Å². The van der Waals surface area contributed by atoms with Crippen LogP contribution < -0.4 is 0 Å². The van der Waals surface area contributed by atoms with Crippen molar-refractivity contribution < 1.29 is 4.48 Å². The standard InChI is InChI=1S/C15H30N/c1-13-8-9-15(3)16(12-14(13)2)10-6-4-5-7-11-16/h13-15H,4-12H2,1-3H3/q+1. The Bertz CT molecular complexity index is 215. The Morgan fingerprint density at radius 2 is 1.38 bits per heavy atom. The van der Waals surface area contributed by atoms with Crippen LogP contribution in [0, 0.1) is 11.8 Å². The predicted molar refractivity (Wildman–Crippen MR) is 70.4 cm³/mol. The third-order valence-electron chi connectivity index (χ3n) is 5.55. The molecule has 0 amide bonds. The van der Waals surface area contributed by atoms with E-state index >= 15 is 0 Å². The van der Waals surface area contributed by atoms with Crippen LogP contribution in [-0.4, -0.2) is 30.2 Å². The van der Waals surface area contributed by atoms with Gasteiger partial charge >= 0.3 is 0 Å². The maximum atomic E-state index is 2.52. The monoisotopic (exact) mass is 224 g/mol. The molecule has 1 heteroatoms. The second kappa shape index (κ2) is 5.08. The topological polar surface area (TPSA) is 0 Å². The number of rotatable bonds is 0. The molecule has 2 aliphatic heterocycles. The summed E-state index contributed by atoms with van der Waals surface area (Å²) in [6, 6.07) is 0.922. The minimum absolute atomic E-state index is 0.922. The summed E-state index contributed by atoms with van der Waals surface area (Å²) in [5.74, 6) is 1.88. The molecule has 2 saturated heterocycles. The van der Waals surface area contributed by atoms with Crippen LogP contribution in [0.2, 0.25) is 0 Å². The lowest BCUT2D eigenvalue weighted by Gasteiger charge is -2.43. The van der Waals surface area contributed by atoms with E-state index in [0.29, 0.717) is 0 Å². The van der Waals surface area contributed by atoms with Crippen molar-refractivity contribution in [1.29, 1.82) is 0 Å². The number of nitrogens with zero attached hydrogens (tertiary/aromatic N) is 1. The molecule has 94 valence electrons. The van der Waals surface area contributed by atoms with Crippen LogP contribution in [0.1, 0.15) is 59.3 Å². The van der Waals surface area contributed by atoms with Crippen molar-refractivity contribution in [2.45, 2.75) is 65.3 Å². The van der Waals surface area contributed by atoms with Gasteiger partial charge in [0.15, 0.2) is 0 Å². The lowest BCUT2D eigenvalue weighted by Crippen LogP contribution is -2.56. The van der Waals surface area contributed by atoms with Crippen LogP contribution in [-0.2, 0) is 0 Å². The molecular weight excluding hydrogens is 194 g/mol. The average molecular weight is 224 g/mol. The fraction of sp³-hybridized carbons (Fsp3) is 1.00. The third-order valence-corrected chi connectivity index (χ3v) is 5.55. The van der Waals surface area contributed by atoms with Crippen LogP contribution in [0.15, 0.2) is 0 Å². The fourth-order valence-corrected chi connectivity index (χ4v) is 3.94. The smallest absolute Gasteiger partial charge is 0.0861 e. The second-order valence-corrected chi connectivity index (χ2v) is 6.64. The quantitative estimate of drug-likeness (QED) is 0.549. The summed E-state index contributed by atoms with van der Waals surface area (Å²) in [6.07, 6.45) is 8.85. The van der Waals surface area contributed by atoms with Crippen molar-refractivity contribution in [1.82, 2.24) is 0 Å². The maximum absolute atomic E-state index is 2.52. The van der Waals surface area contributed by atoms with Crippen molar-refractivity contribution in [2.75, 3.05) is 19.6 Å². The van der Waals surface area contributed by atoms with E-state index in [0.717, 1.165) is 17.9 Å². The maximum Gasteiger partial charge on any atom is 0.0861 e. The van der Waals surface area contributed by atoms with Gasteiger partial charge in [-0.3, -0.25) is 0 Å². The molecule has 2 aliphatic rings. The van der Waals surface area contributed by atoms with Crippen LogP contribution >= 0.6 is 0 Å². The molecule has 1 nitrogen and oxygen atoms in total. The molecule has 0 bridgehead atoms. The summed E-state index contributed by atoms with van der Waals surface area (Å²) in [5, 5.41) is 0. The first-order chi connectivity index (χ1) is 7.64. The largest absolute Gasteiger partial charge is 0.321 e. The molecule has 0 saturated carbocycles. The lowest BCUT2D eigenvalue weighted by atomic mass is 9.92. The summed E-state index contributed by atoms with van der Waals surface area (Å²) >= 11 is 0. The van der Waals surface area contributed by atoms with Gasteiger partial charge in [0.25, 0.3) is 0 Å². The Balaban J connectivity index is 2.14. The molecule has 2 fully saturated rings. The number of hydrogen-bond acceptors (Lipinski definition) is 0. The molecule has 0 N–H and O–H groups in total. The molecule has 2 heterocycles. The van der Waals surface area contributed by atoms with Gasteiger partial charge in [-0.05, 0) is 51.4 Å². The van der Waals surface area contributed by atoms with Crippen molar-refractivity contribution in [2.24, 2.45) is 11.8 Å². The molecule has 16 heavy (non-hydrogen) atoms. The van der Waals surface area contributed by atoms with Gasteiger partial charge in [0.1, 0.15) is 0 Å². The van der Waals surface area contributed by atoms with E-state index in [1.165, 1.54) is 62.6 Å². The molecule has 0 aromatic heterocycles. The van der Waals surface area contributed by atoms with Gasteiger partial charge < -0.3 is 4.48 Å². The van der Waals surface area contributed by atoms with E-state index in [2.05, 4.69) is 20.8 Å². The van der Waals surface area contributed by atoms with Crippen molar-refractivity contribution in [3.05, 3.63) is 0 Å². The van der Waals surface area contributed by atoms with Gasteiger partial charge in [-0.15, -0.1) is 0 Å². The molecule has 3 unspecified atom stereocenters. The van der Waals surface area contributed by atoms with E-state index in [9.17, 15) is 0 Å². The Morgan fingerprint density at radius 3 is 2.00 bits per heavy atom. The van der Waals surface area contributed by atoms with Crippen LogP contribution in [0.5, 0.6) is 0 Å². The normalized spacial score (nSPS) is 40.3. The highest BCUT2D eigenvalue weighted by molar-refractivity contribution is 4.72. The van der Waals surface area contributed by atoms with Gasteiger partial charge in [0, 0.05) is 5.92 Å². The van der Waals surface area contributed by atoms with Crippen molar-refractivity contribution in [3.63, 3.8) is 0 Å². The molecule has 0 aromatic carbocycles. The first kappa shape index (κ1) is 12.4. The van der Waals surface area contributed by atoms with E-state index in [1.54, 1.807) is 0 Å². The Kier molecular flexibility index (Phi) is 3.94. The highest BCUT2D eigenvalue weighted by atomic mass is 15.4.